The fraction of sp³-hybridized carbons (Fsp3) is 0.143. The number of amides is 1. The minimum atomic E-state index is -0.315. The van der Waals surface area contributed by atoms with E-state index in [4.69, 9.17) is 0 Å². The highest BCUT2D eigenvalue weighted by Crippen LogP contribution is 2.17. The number of aryl methyl sites for hydroxylation is 1. The van der Waals surface area contributed by atoms with Crippen molar-refractivity contribution >= 4 is 22.5 Å². The SMILES string of the molecule is Cn1cc(NC(=O)Cn2ccc3ccc(F)cc32)cn1. The summed E-state index contributed by atoms with van der Waals surface area (Å²) in [6.45, 7) is 0.127. The number of nitrogens with one attached hydrogen (secondary N) is 1. The van der Waals surface area contributed by atoms with Gasteiger partial charge in [0.15, 0.2) is 0 Å². The predicted octanol–water partition coefficient (Wildman–Crippen LogP) is 2.15. The second kappa shape index (κ2) is 4.80. The molecule has 5 nitrogen and oxygen atoms in total. The molecule has 0 saturated heterocycles. The van der Waals surface area contributed by atoms with Crippen LogP contribution in [0.2, 0.25) is 0 Å². The van der Waals surface area contributed by atoms with Gasteiger partial charge in [0, 0.05) is 19.4 Å². The molecule has 0 aliphatic carbocycles. The number of carbonyl (C=O) groups is 1. The van der Waals surface area contributed by atoms with Crippen LogP contribution in [0.4, 0.5) is 10.1 Å². The number of anilines is 1. The molecule has 0 radical (unpaired) electrons. The van der Waals surface area contributed by atoms with Crippen LogP contribution >= 0.6 is 0 Å². The molecule has 6 heteroatoms. The molecule has 1 aromatic carbocycles. The average molecular weight is 272 g/mol. The molecule has 0 saturated carbocycles. The first-order valence-corrected chi connectivity index (χ1v) is 6.15. The second-order valence-corrected chi connectivity index (χ2v) is 4.60. The largest absolute Gasteiger partial charge is 0.338 e. The molecule has 1 amide bonds. The average Bonchev–Trinajstić information content (AvgIpc) is 2.97. The van der Waals surface area contributed by atoms with Crippen LogP contribution in [-0.4, -0.2) is 20.3 Å². The number of nitrogens with zero attached hydrogens (tertiary/aromatic N) is 3. The van der Waals surface area contributed by atoms with Crippen molar-refractivity contribution in [3.8, 4) is 0 Å². The molecule has 0 aliphatic rings. The molecule has 0 spiro atoms. The topological polar surface area (TPSA) is 51.9 Å². The quantitative estimate of drug-likeness (QED) is 0.794. The first-order chi connectivity index (χ1) is 9.61. The van der Waals surface area contributed by atoms with E-state index >= 15 is 0 Å². The molecule has 2 heterocycles. The third kappa shape index (κ3) is 2.40. The summed E-state index contributed by atoms with van der Waals surface area (Å²) < 4.78 is 16.6. The van der Waals surface area contributed by atoms with E-state index in [1.54, 1.807) is 41.0 Å². The van der Waals surface area contributed by atoms with Crippen molar-refractivity contribution in [3.63, 3.8) is 0 Å². The van der Waals surface area contributed by atoms with Gasteiger partial charge >= 0.3 is 0 Å². The van der Waals surface area contributed by atoms with Crippen molar-refractivity contribution in [2.45, 2.75) is 6.54 Å². The van der Waals surface area contributed by atoms with Crippen LogP contribution in [0, 0.1) is 5.82 Å². The molecule has 102 valence electrons. The maximum absolute atomic E-state index is 13.3. The highest BCUT2D eigenvalue weighted by atomic mass is 19.1. The number of hydrogen-bond donors (Lipinski definition) is 1. The summed E-state index contributed by atoms with van der Waals surface area (Å²) in [6, 6.07) is 6.38. The van der Waals surface area contributed by atoms with Crippen molar-refractivity contribution in [2.75, 3.05) is 5.32 Å². The van der Waals surface area contributed by atoms with Crippen LogP contribution in [0.1, 0.15) is 0 Å². The Morgan fingerprint density at radius 3 is 3.00 bits per heavy atom. The van der Waals surface area contributed by atoms with E-state index in [2.05, 4.69) is 10.4 Å². The number of halogens is 1. The van der Waals surface area contributed by atoms with Crippen molar-refractivity contribution < 1.29 is 9.18 Å². The summed E-state index contributed by atoms with van der Waals surface area (Å²) in [6.07, 6.45) is 5.06. The number of aromatic nitrogens is 3. The van der Waals surface area contributed by atoms with Gasteiger partial charge in [-0.15, -0.1) is 0 Å². The lowest BCUT2D eigenvalue weighted by atomic mass is 10.2. The van der Waals surface area contributed by atoms with E-state index in [0.717, 1.165) is 5.39 Å². The van der Waals surface area contributed by atoms with Gasteiger partial charge in [-0.05, 0) is 29.7 Å². The van der Waals surface area contributed by atoms with Gasteiger partial charge in [0.25, 0.3) is 0 Å². The third-order valence-electron chi connectivity index (χ3n) is 3.04. The number of fused-ring (bicyclic) bond motifs is 1. The normalized spacial score (nSPS) is 10.9. The van der Waals surface area contributed by atoms with Gasteiger partial charge in [-0.3, -0.25) is 9.48 Å². The van der Waals surface area contributed by atoms with Crippen LogP contribution in [0.25, 0.3) is 10.9 Å². The van der Waals surface area contributed by atoms with Gasteiger partial charge < -0.3 is 9.88 Å². The molecule has 0 unspecified atom stereocenters. The first kappa shape index (κ1) is 12.4. The zero-order valence-electron chi connectivity index (χ0n) is 10.9. The summed E-state index contributed by atoms with van der Waals surface area (Å²) in [5.74, 6) is -0.495. The van der Waals surface area contributed by atoms with E-state index in [9.17, 15) is 9.18 Å². The molecular formula is C14H13FN4O. The second-order valence-electron chi connectivity index (χ2n) is 4.60. The summed E-state index contributed by atoms with van der Waals surface area (Å²) >= 11 is 0. The van der Waals surface area contributed by atoms with E-state index < -0.39 is 0 Å². The zero-order valence-corrected chi connectivity index (χ0v) is 10.9. The Bertz CT molecular complexity index is 774. The molecule has 0 atom stereocenters. The van der Waals surface area contributed by atoms with Crippen molar-refractivity contribution in [1.82, 2.24) is 14.3 Å². The Hall–Kier alpha value is -2.63. The molecule has 0 fully saturated rings. The van der Waals surface area contributed by atoms with Gasteiger partial charge in [-0.2, -0.15) is 5.10 Å². The summed E-state index contributed by atoms with van der Waals surface area (Å²) in [7, 11) is 1.78. The maximum atomic E-state index is 13.3. The van der Waals surface area contributed by atoms with Gasteiger partial charge in [0.1, 0.15) is 12.4 Å². The van der Waals surface area contributed by atoms with E-state index in [1.807, 2.05) is 6.07 Å². The summed E-state index contributed by atoms with van der Waals surface area (Å²) in [5.41, 5.74) is 1.34. The van der Waals surface area contributed by atoms with Gasteiger partial charge in [0.05, 0.1) is 17.4 Å². The Morgan fingerprint density at radius 2 is 2.25 bits per heavy atom. The minimum absolute atomic E-state index is 0.127. The van der Waals surface area contributed by atoms with E-state index in [1.165, 1.54) is 12.1 Å². The van der Waals surface area contributed by atoms with Crippen LogP contribution in [0.3, 0.4) is 0 Å². The van der Waals surface area contributed by atoms with Gasteiger partial charge in [0.2, 0.25) is 5.91 Å². The summed E-state index contributed by atoms with van der Waals surface area (Å²) in [4.78, 5) is 12.0. The van der Waals surface area contributed by atoms with Crippen LogP contribution in [-0.2, 0) is 18.4 Å². The number of rotatable bonds is 3. The van der Waals surface area contributed by atoms with Crippen LogP contribution in [0.15, 0.2) is 42.9 Å². The Labute approximate surface area is 114 Å². The number of carbonyl (C=O) groups excluding carboxylic acids is 1. The predicted molar refractivity (Wildman–Crippen MR) is 73.7 cm³/mol. The molecule has 3 rings (SSSR count). The monoisotopic (exact) mass is 272 g/mol. The van der Waals surface area contributed by atoms with Gasteiger partial charge in [-0.1, -0.05) is 0 Å². The molecule has 0 aliphatic heterocycles. The molecule has 3 aromatic rings. The molecule has 2 aromatic heterocycles. The van der Waals surface area contributed by atoms with E-state index in [0.29, 0.717) is 11.2 Å². The zero-order chi connectivity index (χ0) is 14.1. The number of benzene rings is 1. The lowest BCUT2D eigenvalue weighted by Gasteiger charge is -2.05. The molecule has 1 N–H and O–H groups in total. The van der Waals surface area contributed by atoms with Crippen molar-refractivity contribution in [2.24, 2.45) is 7.05 Å². The standard InChI is InChI=1S/C14H13FN4O/c1-18-8-12(7-16-18)17-14(20)9-19-5-4-10-2-3-11(15)6-13(10)19/h2-8H,9H2,1H3,(H,17,20). The number of hydrogen-bond acceptors (Lipinski definition) is 2. The highest BCUT2D eigenvalue weighted by Gasteiger charge is 2.08. The minimum Gasteiger partial charge on any atom is -0.338 e. The molecule has 0 bridgehead atoms. The Morgan fingerprint density at radius 1 is 1.40 bits per heavy atom. The molecular weight excluding hydrogens is 259 g/mol. The van der Waals surface area contributed by atoms with Gasteiger partial charge in [-0.25, -0.2) is 4.39 Å². The maximum Gasteiger partial charge on any atom is 0.244 e. The Kier molecular flexibility index (Phi) is 2.98. The van der Waals surface area contributed by atoms with Crippen LogP contribution in [0.5, 0.6) is 0 Å². The highest BCUT2D eigenvalue weighted by molar-refractivity contribution is 5.91. The fourth-order valence-corrected chi connectivity index (χ4v) is 2.14. The van der Waals surface area contributed by atoms with Crippen molar-refractivity contribution in [1.29, 1.82) is 0 Å². The third-order valence-corrected chi connectivity index (χ3v) is 3.04. The lowest BCUT2D eigenvalue weighted by Crippen LogP contribution is -2.17. The molecule has 20 heavy (non-hydrogen) atoms. The smallest absolute Gasteiger partial charge is 0.244 e. The fourth-order valence-electron chi connectivity index (χ4n) is 2.14. The van der Waals surface area contributed by atoms with Crippen molar-refractivity contribution in [3.05, 3.63) is 48.7 Å². The summed E-state index contributed by atoms with van der Waals surface area (Å²) in [5, 5.41) is 7.62. The lowest BCUT2D eigenvalue weighted by molar-refractivity contribution is -0.116. The Balaban J connectivity index is 1.79. The van der Waals surface area contributed by atoms with E-state index in [-0.39, 0.29) is 18.3 Å². The van der Waals surface area contributed by atoms with Crippen LogP contribution < -0.4 is 5.32 Å². The first-order valence-electron chi connectivity index (χ1n) is 6.15.